The van der Waals surface area contributed by atoms with Crippen LogP contribution in [0, 0.1) is 11.7 Å². The molecule has 0 saturated carbocycles. The second kappa shape index (κ2) is 5.93. The minimum Gasteiger partial charge on any atom is -0.384 e. The number of benzene rings is 1. The lowest BCUT2D eigenvalue weighted by Crippen LogP contribution is -2.16. The van der Waals surface area contributed by atoms with Gasteiger partial charge >= 0.3 is 0 Å². The largest absolute Gasteiger partial charge is 0.384 e. The number of ether oxygens (including phenoxy) is 1. The lowest BCUT2D eigenvalue weighted by Gasteiger charge is -2.13. The zero-order valence-electron chi connectivity index (χ0n) is 8.89. The fourth-order valence-electron chi connectivity index (χ4n) is 1.27. The van der Waals surface area contributed by atoms with Crippen LogP contribution in [0.3, 0.4) is 0 Å². The lowest BCUT2D eigenvalue weighted by atomic mass is 10.2. The SMILES string of the molecule is COCC(C)CNc1cccc(Cl)c1F. The Kier molecular flexibility index (Phi) is 4.85. The first-order valence-corrected chi connectivity index (χ1v) is 5.19. The standard InChI is InChI=1S/C11H15ClFNO/c1-8(7-15-2)6-14-10-5-3-4-9(12)11(10)13/h3-5,8,14H,6-7H2,1-2H3. The zero-order chi connectivity index (χ0) is 11.3. The van der Waals surface area contributed by atoms with Crippen molar-refractivity contribution in [1.29, 1.82) is 0 Å². The summed E-state index contributed by atoms with van der Waals surface area (Å²) in [5.41, 5.74) is 0.436. The molecule has 0 saturated heterocycles. The van der Waals surface area contributed by atoms with Crippen LogP contribution in [-0.2, 0) is 4.74 Å². The van der Waals surface area contributed by atoms with Gasteiger partial charge in [-0.05, 0) is 18.1 Å². The molecule has 0 bridgehead atoms. The van der Waals surface area contributed by atoms with E-state index in [0.717, 1.165) is 0 Å². The topological polar surface area (TPSA) is 21.3 Å². The summed E-state index contributed by atoms with van der Waals surface area (Å²) < 4.78 is 18.4. The maximum atomic E-state index is 13.4. The molecule has 1 N–H and O–H groups in total. The Hall–Kier alpha value is -0.800. The first kappa shape index (κ1) is 12.3. The Morgan fingerprint density at radius 3 is 2.93 bits per heavy atom. The minimum absolute atomic E-state index is 0.138. The Bertz CT molecular complexity index is 319. The van der Waals surface area contributed by atoms with E-state index in [0.29, 0.717) is 24.8 Å². The predicted octanol–water partition coefficient (Wildman–Crippen LogP) is 3.17. The van der Waals surface area contributed by atoms with Crippen molar-refractivity contribution in [3.8, 4) is 0 Å². The van der Waals surface area contributed by atoms with Gasteiger partial charge in [-0.2, -0.15) is 0 Å². The van der Waals surface area contributed by atoms with Gasteiger partial charge in [0.05, 0.1) is 17.3 Å². The summed E-state index contributed by atoms with van der Waals surface area (Å²) in [6.45, 7) is 3.33. The summed E-state index contributed by atoms with van der Waals surface area (Å²) >= 11 is 5.65. The van der Waals surface area contributed by atoms with Crippen LogP contribution in [0.1, 0.15) is 6.92 Å². The van der Waals surface area contributed by atoms with E-state index < -0.39 is 5.82 Å². The maximum absolute atomic E-state index is 13.4. The van der Waals surface area contributed by atoms with Crippen LogP contribution >= 0.6 is 11.6 Å². The van der Waals surface area contributed by atoms with Crippen molar-refractivity contribution in [2.75, 3.05) is 25.6 Å². The fraction of sp³-hybridized carbons (Fsp3) is 0.455. The molecule has 0 aliphatic rings. The van der Waals surface area contributed by atoms with E-state index in [4.69, 9.17) is 16.3 Å². The monoisotopic (exact) mass is 231 g/mol. The molecule has 1 atom stereocenters. The molecule has 1 aromatic carbocycles. The van der Waals surface area contributed by atoms with Gasteiger partial charge in [0, 0.05) is 13.7 Å². The lowest BCUT2D eigenvalue weighted by molar-refractivity contribution is 0.164. The highest BCUT2D eigenvalue weighted by molar-refractivity contribution is 6.31. The Labute approximate surface area is 94.4 Å². The molecular formula is C11H15ClFNO. The maximum Gasteiger partial charge on any atom is 0.164 e. The van der Waals surface area contributed by atoms with Crippen molar-refractivity contribution in [3.05, 3.63) is 29.0 Å². The Balaban J connectivity index is 2.54. The molecule has 0 radical (unpaired) electrons. The molecule has 0 aliphatic heterocycles. The van der Waals surface area contributed by atoms with Gasteiger partial charge in [0.2, 0.25) is 0 Å². The van der Waals surface area contributed by atoms with Gasteiger partial charge in [0.15, 0.2) is 5.82 Å². The second-order valence-corrected chi connectivity index (χ2v) is 3.95. The molecule has 0 aromatic heterocycles. The van der Waals surface area contributed by atoms with Crippen LogP contribution in [0.25, 0.3) is 0 Å². The number of anilines is 1. The fourth-order valence-corrected chi connectivity index (χ4v) is 1.44. The molecule has 0 fully saturated rings. The molecule has 0 amide bonds. The van der Waals surface area contributed by atoms with Crippen LogP contribution in [-0.4, -0.2) is 20.3 Å². The van der Waals surface area contributed by atoms with Crippen molar-refractivity contribution >= 4 is 17.3 Å². The molecule has 4 heteroatoms. The average Bonchev–Trinajstić information content (AvgIpc) is 2.21. The number of rotatable bonds is 5. The molecule has 0 aliphatic carbocycles. The summed E-state index contributed by atoms with van der Waals surface area (Å²) in [7, 11) is 1.65. The van der Waals surface area contributed by atoms with Gasteiger partial charge in [0.25, 0.3) is 0 Å². The zero-order valence-corrected chi connectivity index (χ0v) is 9.64. The van der Waals surface area contributed by atoms with Crippen molar-refractivity contribution in [1.82, 2.24) is 0 Å². The van der Waals surface area contributed by atoms with Crippen molar-refractivity contribution in [3.63, 3.8) is 0 Å². The van der Waals surface area contributed by atoms with E-state index in [-0.39, 0.29) is 5.02 Å². The number of nitrogens with one attached hydrogen (secondary N) is 1. The van der Waals surface area contributed by atoms with Gasteiger partial charge < -0.3 is 10.1 Å². The molecule has 15 heavy (non-hydrogen) atoms. The van der Waals surface area contributed by atoms with E-state index in [2.05, 4.69) is 5.32 Å². The van der Waals surface area contributed by atoms with Crippen LogP contribution in [0.15, 0.2) is 18.2 Å². The van der Waals surface area contributed by atoms with Gasteiger partial charge in [-0.15, -0.1) is 0 Å². The summed E-state index contributed by atoms with van der Waals surface area (Å²) in [5.74, 6) is -0.0721. The molecule has 1 unspecified atom stereocenters. The third kappa shape index (κ3) is 3.68. The Morgan fingerprint density at radius 1 is 1.53 bits per heavy atom. The summed E-state index contributed by atoms with van der Waals surface area (Å²) in [6.07, 6.45) is 0. The van der Waals surface area contributed by atoms with Gasteiger partial charge in [-0.25, -0.2) is 4.39 Å². The molecular weight excluding hydrogens is 217 g/mol. The number of halogens is 2. The van der Waals surface area contributed by atoms with Gasteiger partial charge in [-0.3, -0.25) is 0 Å². The van der Waals surface area contributed by atoms with Gasteiger partial charge in [-0.1, -0.05) is 24.6 Å². The van der Waals surface area contributed by atoms with E-state index in [1.165, 1.54) is 6.07 Å². The highest BCUT2D eigenvalue weighted by Gasteiger charge is 2.07. The van der Waals surface area contributed by atoms with Gasteiger partial charge in [0.1, 0.15) is 0 Å². The van der Waals surface area contributed by atoms with Crippen molar-refractivity contribution < 1.29 is 9.13 Å². The van der Waals surface area contributed by atoms with E-state index in [9.17, 15) is 4.39 Å². The summed E-state index contributed by atoms with van der Waals surface area (Å²) in [6, 6.07) is 4.91. The molecule has 0 heterocycles. The Morgan fingerprint density at radius 2 is 2.27 bits per heavy atom. The minimum atomic E-state index is -0.399. The molecule has 84 valence electrons. The number of hydrogen-bond acceptors (Lipinski definition) is 2. The number of hydrogen-bond donors (Lipinski definition) is 1. The van der Waals surface area contributed by atoms with Crippen molar-refractivity contribution in [2.24, 2.45) is 5.92 Å². The highest BCUT2D eigenvalue weighted by atomic mass is 35.5. The smallest absolute Gasteiger partial charge is 0.164 e. The normalized spacial score (nSPS) is 12.5. The third-order valence-corrected chi connectivity index (χ3v) is 2.34. The van der Waals surface area contributed by atoms with E-state index in [1.807, 2.05) is 6.92 Å². The van der Waals surface area contributed by atoms with E-state index >= 15 is 0 Å². The first-order chi connectivity index (χ1) is 7.15. The first-order valence-electron chi connectivity index (χ1n) is 4.82. The van der Waals surface area contributed by atoms with E-state index in [1.54, 1.807) is 19.2 Å². The quantitative estimate of drug-likeness (QED) is 0.841. The van der Waals surface area contributed by atoms with Crippen molar-refractivity contribution in [2.45, 2.75) is 6.92 Å². The molecule has 1 aromatic rings. The summed E-state index contributed by atoms with van der Waals surface area (Å²) in [5, 5.41) is 3.14. The summed E-state index contributed by atoms with van der Waals surface area (Å²) in [4.78, 5) is 0. The third-order valence-electron chi connectivity index (χ3n) is 2.04. The number of methoxy groups -OCH3 is 1. The van der Waals surface area contributed by atoms with Crippen LogP contribution in [0.2, 0.25) is 5.02 Å². The predicted molar refractivity (Wildman–Crippen MR) is 60.9 cm³/mol. The molecule has 1 rings (SSSR count). The average molecular weight is 232 g/mol. The molecule has 2 nitrogen and oxygen atoms in total. The highest BCUT2D eigenvalue weighted by Crippen LogP contribution is 2.22. The van der Waals surface area contributed by atoms with Crippen LogP contribution in [0.4, 0.5) is 10.1 Å². The second-order valence-electron chi connectivity index (χ2n) is 3.54. The van der Waals surface area contributed by atoms with Crippen LogP contribution in [0.5, 0.6) is 0 Å². The molecule has 0 spiro atoms. The van der Waals surface area contributed by atoms with Crippen LogP contribution < -0.4 is 5.32 Å².